The third-order valence-corrected chi connectivity index (χ3v) is 2.03. The van der Waals surface area contributed by atoms with Crippen molar-refractivity contribution in [1.82, 2.24) is 10.6 Å². The van der Waals surface area contributed by atoms with Crippen LogP contribution < -0.4 is 10.6 Å². The van der Waals surface area contributed by atoms with E-state index < -0.39 is 12.0 Å². The van der Waals surface area contributed by atoms with E-state index in [0.717, 1.165) is 6.42 Å². The molecule has 0 aliphatic carbocycles. The van der Waals surface area contributed by atoms with Crippen molar-refractivity contribution in [2.45, 2.75) is 32.2 Å². The molecular formula is C11H18N2O4. The maximum Gasteiger partial charge on any atom is 0.326 e. The minimum absolute atomic E-state index is 0.343. The molecule has 0 rings (SSSR count). The van der Waals surface area contributed by atoms with Crippen molar-refractivity contribution in [3.8, 4) is 0 Å². The van der Waals surface area contributed by atoms with E-state index in [-0.39, 0.29) is 5.91 Å². The van der Waals surface area contributed by atoms with Crippen LogP contribution in [0.1, 0.15) is 26.2 Å². The molecule has 0 saturated carbocycles. The monoisotopic (exact) mass is 242 g/mol. The summed E-state index contributed by atoms with van der Waals surface area (Å²) in [6, 6.07) is -0.821. The predicted molar refractivity (Wildman–Crippen MR) is 62.3 cm³/mol. The van der Waals surface area contributed by atoms with Crippen molar-refractivity contribution in [2.24, 2.45) is 0 Å². The van der Waals surface area contributed by atoms with E-state index in [4.69, 9.17) is 5.11 Å². The van der Waals surface area contributed by atoms with E-state index in [2.05, 4.69) is 10.6 Å². The molecule has 0 aliphatic heterocycles. The van der Waals surface area contributed by atoms with E-state index >= 15 is 0 Å². The summed E-state index contributed by atoms with van der Waals surface area (Å²) >= 11 is 0. The highest BCUT2D eigenvalue weighted by molar-refractivity contribution is 5.81. The van der Waals surface area contributed by atoms with Crippen LogP contribution in [0.25, 0.3) is 0 Å². The number of carboxylic acid groups (broad SMARTS) is 1. The Balaban J connectivity index is 3.68. The molecule has 0 bridgehead atoms. The topological polar surface area (TPSA) is 95.5 Å². The number of aldehydes is 1. The van der Waals surface area contributed by atoms with Crippen LogP contribution in [0, 0.1) is 0 Å². The van der Waals surface area contributed by atoms with Gasteiger partial charge in [0.05, 0.1) is 0 Å². The summed E-state index contributed by atoms with van der Waals surface area (Å²) in [7, 11) is 0. The minimum atomic E-state index is -1.02. The fraction of sp³-hybridized carbons (Fsp3) is 0.545. The van der Waals surface area contributed by atoms with E-state index in [1.165, 1.54) is 19.2 Å². The molecular weight excluding hydrogens is 224 g/mol. The lowest BCUT2D eigenvalue weighted by atomic mass is 10.1. The number of amides is 1. The summed E-state index contributed by atoms with van der Waals surface area (Å²) in [5, 5.41) is 14.1. The van der Waals surface area contributed by atoms with Crippen LogP contribution in [0.3, 0.4) is 0 Å². The number of carbonyl (C=O) groups excluding carboxylic acids is 2. The fourth-order valence-electron chi connectivity index (χ4n) is 1.27. The number of aliphatic carboxylic acids is 1. The number of nitrogens with one attached hydrogen (secondary N) is 2. The summed E-state index contributed by atoms with van der Waals surface area (Å²) in [5.41, 5.74) is 0. The molecule has 0 aliphatic rings. The van der Waals surface area contributed by atoms with Crippen LogP contribution in [0.4, 0.5) is 0 Å². The maximum absolute atomic E-state index is 10.8. The molecule has 1 unspecified atom stereocenters. The third-order valence-electron chi connectivity index (χ3n) is 2.03. The molecule has 0 aromatic carbocycles. The first-order valence-electron chi connectivity index (χ1n) is 5.41. The summed E-state index contributed by atoms with van der Waals surface area (Å²) < 4.78 is 0. The third kappa shape index (κ3) is 9.10. The van der Waals surface area contributed by atoms with Crippen LogP contribution in [0.2, 0.25) is 0 Å². The van der Waals surface area contributed by atoms with Gasteiger partial charge in [-0.05, 0) is 31.5 Å². The van der Waals surface area contributed by atoms with E-state index in [1.807, 2.05) is 0 Å². The van der Waals surface area contributed by atoms with E-state index in [0.29, 0.717) is 25.7 Å². The van der Waals surface area contributed by atoms with E-state index in [9.17, 15) is 14.4 Å². The maximum atomic E-state index is 10.8. The van der Waals surface area contributed by atoms with Crippen molar-refractivity contribution in [2.75, 3.05) is 6.54 Å². The number of hydrogen-bond acceptors (Lipinski definition) is 4. The molecule has 6 nitrogen and oxygen atoms in total. The van der Waals surface area contributed by atoms with Gasteiger partial charge in [-0.3, -0.25) is 9.59 Å². The Labute approximate surface area is 100 Å². The predicted octanol–water partition coefficient (Wildman–Crippen LogP) is 0.0482. The zero-order valence-corrected chi connectivity index (χ0v) is 9.81. The van der Waals surface area contributed by atoms with Crippen molar-refractivity contribution in [3.63, 3.8) is 0 Å². The number of unbranched alkanes of at least 4 members (excludes halogenated alkanes) is 1. The molecule has 17 heavy (non-hydrogen) atoms. The normalized spacial score (nSPS) is 12.1. The summed E-state index contributed by atoms with van der Waals surface area (Å²) in [6.07, 6.45) is 5.40. The second-order valence-corrected chi connectivity index (χ2v) is 3.54. The van der Waals surface area contributed by atoms with Gasteiger partial charge in [0, 0.05) is 13.5 Å². The number of carbonyl (C=O) groups is 3. The highest BCUT2D eigenvalue weighted by atomic mass is 16.4. The van der Waals surface area contributed by atoms with Gasteiger partial charge in [0.2, 0.25) is 5.91 Å². The molecule has 0 heterocycles. The Kier molecular flexibility index (Phi) is 8.36. The van der Waals surface area contributed by atoms with Crippen LogP contribution in [0.15, 0.2) is 12.3 Å². The lowest BCUT2D eigenvalue weighted by molar-refractivity contribution is -0.141. The highest BCUT2D eigenvalue weighted by Gasteiger charge is 2.16. The van der Waals surface area contributed by atoms with E-state index in [1.54, 1.807) is 0 Å². The standard InChI is InChI=1S/C11H18N2O4/c1-9(15)13-10(11(16)17)5-2-3-6-12-7-4-8-14/h4,7-8,10,12H,2-3,5-6H2,1H3,(H,13,15)(H,16,17). The quantitative estimate of drug-likeness (QED) is 0.301. The zero-order valence-electron chi connectivity index (χ0n) is 9.81. The Morgan fingerprint density at radius 2 is 2.06 bits per heavy atom. The summed E-state index contributed by atoms with van der Waals surface area (Å²) in [6.45, 7) is 1.96. The van der Waals surface area contributed by atoms with Crippen molar-refractivity contribution >= 4 is 18.2 Å². The lowest BCUT2D eigenvalue weighted by Crippen LogP contribution is -2.39. The average Bonchev–Trinajstić information content (AvgIpc) is 2.25. The fourth-order valence-corrected chi connectivity index (χ4v) is 1.27. The van der Waals surface area contributed by atoms with Crippen LogP contribution in [0.5, 0.6) is 0 Å². The number of carboxylic acids is 1. The zero-order chi connectivity index (χ0) is 13.1. The summed E-state index contributed by atoms with van der Waals surface area (Å²) in [5.74, 6) is -1.36. The first-order valence-corrected chi connectivity index (χ1v) is 5.41. The smallest absolute Gasteiger partial charge is 0.326 e. The van der Waals surface area contributed by atoms with Crippen LogP contribution >= 0.6 is 0 Å². The Morgan fingerprint density at radius 1 is 1.35 bits per heavy atom. The first-order chi connectivity index (χ1) is 8.07. The molecule has 0 radical (unpaired) electrons. The largest absolute Gasteiger partial charge is 0.480 e. The first kappa shape index (κ1) is 15.2. The molecule has 0 aromatic rings. The Hall–Kier alpha value is -1.85. The lowest BCUT2D eigenvalue weighted by Gasteiger charge is -2.12. The summed E-state index contributed by atoms with van der Waals surface area (Å²) in [4.78, 5) is 31.4. The van der Waals surface area contributed by atoms with Gasteiger partial charge in [-0.25, -0.2) is 4.79 Å². The average molecular weight is 242 g/mol. The van der Waals surface area contributed by atoms with Crippen molar-refractivity contribution in [1.29, 1.82) is 0 Å². The van der Waals surface area contributed by atoms with Gasteiger partial charge in [-0.1, -0.05) is 0 Å². The van der Waals surface area contributed by atoms with Crippen LogP contribution in [-0.2, 0) is 14.4 Å². The second-order valence-electron chi connectivity index (χ2n) is 3.54. The molecule has 0 saturated heterocycles. The molecule has 0 fully saturated rings. The van der Waals surface area contributed by atoms with Gasteiger partial charge in [0.25, 0.3) is 0 Å². The van der Waals surface area contributed by atoms with Gasteiger partial charge in [-0.15, -0.1) is 0 Å². The van der Waals surface area contributed by atoms with Gasteiger partial charge in [-0.2, -0.15) is 0 Å². The molecule has 1 amide bonds. The molecule has 3 N–H and O–H groups in total. The number of rotatable bonds is 9. The van der Waals surface area contributed by atoms with Crippen molar-refractivity contribution in [3.05, 3.63) is 12.3 Å². The molecule has 0 aromatic heterocycles. The Bertz CT molecular complexity index is 289. The molecule has 0 spiro atoms. The van der Waals surface area contributed by atoms with Crippen molar-refractivity contribution < 1.29 is 19.5 Å². The van der Waals surface area contributed by atoms with Gasteiger partial charge < -0.3 is 15.7 Å². The molecule has 96 valence electrons. The molecule has 6 heteroatoms. The van der Waals surface area contributed by atoms with Gasteiger partial charge >= 0.3 is 5.97 Å². The van der Waals surface area contributed by atoms with Gasteiger partial charge in [0.1, 0.15) is 12.3 Å². The van der Waals surface area contributed by atoms with Gasteiger partial charge in [0.15, 0.2) is 0 Å². The Morgan fingerprint density at radius 3 is 2.59 bits per heavy atom. The minimum Gasteiger partial charge on any atom is -0.480 e. The highest BCUT2D eigenvalue weighted by Crippen LogP contribution is 2.01. The molecule has 1 atom stereocenters. The van der Waals surface area contributed by atoms with Crippen LogP contribution in [-0.4, -0.2) is 35.9 Å². The SMILES string of the molecule is CC(=O)NC(CCCCNC=CC=O)C(=O)O. The number of hydrogen-bond donors (Lipinski definition) is 3. The second kappa shape index (κ2) is 9.38. The number of allylic oxidation sites excluding steroid dienone is 1.